The summed E-state index contributed by atoms with van der Waals surface area (Å²) in [4.78, 5) is 2.31. The third kappa shape index (κ3) is 2.12. The minimum Gasteiger partial charge on any atom is -0.348 e. The average molecular weight is 177 g/mol. The van der Waals surface area contributed by atoms with E-state index < -0.39 is 0 Å². The van der Waals surface area contributed by atoms with Crippen LogP contribution in [0.25, 0.3) is 0 Å². The second-order valence-electron chi connectivity index (χ2n) is 3.22. The quantitative estimate of drug-likeness (QED) is 0.619. The van der Waals surface area contributed by atoms with E-state index >= 15 is 0 Å². The molecule has 2 aliphatic rings. The Balaban J connectivity index is 2.01. The molecule has 0 atom stereocenters. The van der Waals surface area contributed by atoms with E-state index in [0.29, 0.717) is 0 Å². The van der Waals surface area contributed by atoms with Crippen molar-refractivity contribution in [3.8, 4) is 0 Å². The van der Waals surface area contributed by atoms with Crippen LogP contribution in [0.1, 0.15) is 6.42 Å². The Morgan fingerprint density at radius 2 is 2.23 bits per heavy atom. The van der Waals surface area contributed by atoms with Gasteiger partial charge in [-0.05, 0) is 25.1 Å². The fourth-order valence-electron chi connectivity index (χ4n) is 1.54. The van der Waals surface area contributed by atoms with Gasteiger partial charge < -0.3 is 10.2 Å². The van der Waals surface area contributed by atoms with Crippen LogP contribution in [-0.4, -0.2) is 24.7 Å². The lowest BCUT2D eigenvalue weighted by molar-refractivity contribution is 0.259. The minimum atomic E-state index is 0.945. The highest BCUT2D eigenvalue weighted by Crippen LogP contribution is 2.06. The van der Waals surface area contributed by atoms with Crippen LogP contribution in [0, 0.1) is 0 Å². The average Bonchev–Trinajstić information content (AvgIpc) is 2.47. The van der Waals surface area contributed by atoms with Crippen LogP contribution in [0.3, 0.4) is 0 Å². The molecule has 0 aliphatic carbocycles. The predicted molar refractivity (Wildman–Crippen MR) is 53.7 cm³/mol. The second kappa shape index (κ2) is 4.14. The normalized spacial score (nSPS) is 22.2. The van der Waals surface area contributed by atoms with E-state index in [1.54, 1.807) is 0 Å². The van der Waals surface area contributed by atoms with E-state index in [9.17, 15) is 0 Å². The summed E-state index contributed by atoms with van der Waals surface area (Å²) in [7, 11) is 0. The lowest BCUT2D eigenvalue weighted by Gasteiger charge is -2.31. The van der Waals surface area contributed by atoms with Gasteiger partial charge in [-0.3, -0.25) is 5.32 Å². The van der Waals surface area contributed by atoms with Gasteiger partial charge >= 0.3 is 0 Å². The summed E-state index contributed by atoms with van der Waals surface area (Å²) < 4.78 is 0. The Morgan fingerprint density at radius 1 is 1.23 bits per heavy atom. The molecule has 1 saturated heterocycles. The topological polar surface area (TPSA) is 27.3 Å². The van der Waals surface area contributed by atoms with Crippen LogP contribution in [0.15, 0.2) is 36.3 Å². The first-order valence-corrected chi connectivity index (χ1v) is 4.72. The summed E-state index contributed by atoms with van der Waals surface area (Å²) >= 11 is 0. The number of nitrogens with zero attached hydrogens (tertiary/aromatic N) is 1. The van der Waals surface area contributed by atoms with Gasteiger partial charge in [-0.1, -0.05) is 12.2 Å². The fraction of sp³-hybridized carbons (Fsp3) is 0.400. The van der Waals surface area contributed by atoms with Gasteiger partial charge in [0.2, 0.25) is 0 Å². The number of rotatable bonds is 1. The predicted octanol–water partition coefficient (Wildman–Crippen LogP) is 0.754. The van der Waals surface area contributed by atoms with Crippen molar-refractivity contribution in [2.75, 3.05) is 19.8 Å². The molecular weight excluding hydrogens is 162 g/mol. The van der Waals surface area contributed by atoms with E-state index in [0.717, 1.165) is 19.8 Å². The van der Waals surface area contributed by atoms with Crippen molar-refractivity contribution >= 4 is 0 Å². The van der Waals surface area contributed by atoms with Crippen molar-refractivity contribution in [2.24, 2.45) is 0 Å². The number of nitrogens with one attached hydrogen (secondary N) is 2. The van der Waals surface area contributed by atoms with Crippen LogP contribution in [0.5, 0.6) is 0 Å². The maximum absolute atomic E-state index is 3.35. The molecule has 0 aromatic carbocycles. The molecule has 0 unspecified atom stereocenters. The molecule has 70 valence electrons. The molecule has 2 aliphatic heterocycles. The summed E-state index contributed by atoms with van der Waals surface area (Å²) in [5.41, 5.74) is 0. The third-order valence-corrected chi connectivity index (χ3v) is 2.23. The van der Waals surface area contributed by atoms with Gasteiger partial charge in [-0.15, -0.1) is 0 Å². The van der Waals surface area contributed by atoms with Gasteiger partial charge in [0.1, 0.15) is 5.82 Å². The summed E-state index contributed by atoms with van der Waals surface area (Å²) in [6.45, 7) is 3.21. The molecule has 0 bridgehead atoms. The molecule has 0 spiro atoms. The Kier molecular flexibility index (Phi) is 2.67. The molecular formula is C10H15N3. The Morgan fingerprint density at radius 3 is 3.08 bits per heavy atom. The Hall–Kier alpha value is -1.22. The molecule has 0 radical (unpaired) electrons. The van der Waals surface area contributed by atoms with Gasteiger partial charge in [-0.2, -0.15) is 0 Å². The zero-order chi connectivity index (χ0) is 8.93. The zero-order valence-electron chi connectivity index (χ0n) is 7.66. The lowest BCUT2D eigenvalue weighted by atomic mass is 10.3. The Bertz CT molecular complexity index is 247. The van der Waals surface area contributed by atoms with Crippen LogP contribution < -0.4 is 10.6 Å². The maximum Gasteiger partial charge on any atom is 0.106 e. The van der Waals surface area contributed by atoms with Crippen LogP contribution in [-0.2, 0) is 0 Å². The Labute approximate surface area is 78.8 Å². The van der Waals surface area contributed by atoms with E-state index in [2.05, 4.69) is 27.7 Å². The maximum atomic E-state index is 3.35. The molecule has 2 N–H and O–H groups in total. The van der Waals surface area contributed by atoms with Crippen molar-refractivity contribution in [3.63, 3.8) is 0 Å². The van der Waals surface area contributed by atoms with Crippen molar-refractivity contribution in [1.29, 1.82) is 0 Å². The number of hydrogen-bond acceptors (Lipinski definition) is 3. The molecule has 0 aromatic heterocycles. The monoisotopic (exact) mass is 177 g/mol. The second-order valence-corrected chi connectivity index (χ2v) is 3.22. The van der Waals surface area contributed by atoms with Gasteiger partial charge in [-0.25, -0.2) is 0 Å². The van der Waals surface area contributed by atoms with Crippen molar-refractivity contribution < 1.29 is 0 Å². The largest absolute Gasteiger partial charge is 0.348 e. The summed E-state index contributed by atoms with van der Waals surface area (Å²) in [6, 6.07) is 0. The van der Waals surface area contributed by atoms with Gasteiger partial charge in [0.25, 0.3) is 0 Å². The molecule has 2 heterocycles. The van der Waals surface area contributed by atoms with Crippen molar-refractivity contribution in [1.82, 2.24) is 15.5 Å². The summed E-state index contributed by atoms with van der Waals surface area (Å²) in [5, 5.41) is 6.60. The first kappa shape index (κ1) is 8.38. The van der Waals surface area contributed by atoms with Crippen LogP contribution >= 0.6 is 0 Å². The highest BCUT2D eigenvalue weighted by molar-refractivity contribution is 5.20. The van der Waals surface area contributed by atoms with Crippen molar-refractivity contribution in [2.45, 2.75) is 6.42 Å². The SMILES string of the molecule is C1=CC=C(N2CCCNC2)NC=C1. The van der Waals surface area contributed by atoms with Crippen molar-refractivity contribution in [3.05, 3.63) is 36.3 Å². The molecule has 3 nitrogen and oxygen atoms in total. The standard InChI is InChI=1S/C10H15N3/c1-2-5-10(12-7-3-1)13-8-4-6-11-9-13/h1-3,5,7,11-12H,4,6,8-9H2. The fourth-order valence-corrected chi connectivity index (χ4v) is 1.54. The van der Waals surface area contributed by atoms with Gasteiger partial charge in [0.05, 0.1) is 6.67 Å². The van der Waals surface area contributed by atoms with Crippen LogP contribution in [0.4, 0.5) is 0 Å². The summed E-state index contributed by atoms with van der Waals surface area (Å²) in [5.74, 6) is 1.18. The zero-order valence-corrected chi connectivity index (χ0v) is 7.66. The molecule has 3 heteroatoms. The minimum absolute atomic E-state index is 0.945. The molecule has 0 saturated carbocycles. The third-order valence-electron chi connectivity index (χ3n) is 2.23. The lowest BCUT2D eigenvalue weighted by Crippen LogP contribution is -2.43. The number of hydrogen-bond donors (Lipinski definition) is 2. The van der Waals surface area contributed by atoms with E-state index in [4.69, 9.17) is 0 Å². The van der Waals surface area contributed by atoms with Crippen LogP contribution in [0.2, 0.25) is 0 Å². The van der Waals surface area contributed by atoms with E-state index in [1.807, 2.05) is 18.4 Å². The highest BCUT2D eigenvalue weighted by atomic mass is 15.3. The molecule has 13 heavy (non-hydrogen) atoms. The van der Waals surface area contributed by atoms with E-state index in [-0.39, 0.29) is 0 Å². The first-order valence-electron chi connectivity index (χ1n) is 4.72. The highest BCUT2D eigenvalue weighted by Gasteiger charge is 2.11. The summed E-state index contributed by atoms with van der Waals surface area (Å²) in [6.07, 6.45) is 11.4. The molecule has 1 fully saturated rings. The number of allylic oxidation sites excluding steroid dienone is 4. The first-order chi connectivity index (χ1) is 6.47. The van der Waals surface area contributed by atoms with E-state index in [1.165, 1.54) is 12.2 Å². The molecule has 2 rings (SSSR count). The van der Waals surface area contributed by atoms with Gasteiger partial charge in [0, 0.05) is 12.7 Å². The molecule has 0 amide bonds. The van der Waals surface area contributed by atoms with Gasteiger partial charge in [0.15, 0.2) is 0 Å². The molecule has 0 aromatic rings. The smallest absolute Gasteiger partial charge is 0.106 e.